The molecule has 0 aliphatic heterocycles. The molecule has 0 aromatic carbocycles. The Morgan fingerprint density at radius 2 is 0.494 bits per heavy atom. The van der Waals surface area contributed by atoms with Gasteiger partial charge in [-0.2, -0.15) is 0 Å². The molecule has 0 radical (unpaired) electrons. The van der Waals surface area contributed by atoms with E-state index < -0.39 is 6.10 Å². The highest BCUT2D eigenvalue weighted by Crippen LogP contribution is 2.17. The van der Waals surface area contributed by atoms with Crippen molar-refractivity contribution in [2.24, 2.45) is 0 Å². The molecule has 0 aromatic rings. The molecule has 0 amide bonds. The molecule has 77 heavy (non-hydrogen) atoms. The quantitative estimate of drug-likeness (QED) is 0.0261. The molecule has 444 valence electrons. The van der Waals surface area contributed by atoms with Crippen LogP contribution in [0.2, 0.25) is 0 Å². The highest BCUT2D eigenvalue weighted by molar-refractivity contribution is 5.71. The molecule has 0 bridgehead atoms. The Bertz CT molecular complexity index is 1470. The van der Waals surface area contributed by atoms with Crippen LogP contribution in [-0.2, 0) is 28.6 Å². The summed E-state index contributed by atoms with van der Waals surface area (Å²) >= 11 is 0. The fraction of sp³-hybridized carbons (Fsp3) is 0.761. The number of rotatable bonds is 60. The molecule has 6 nitrogen and oxygen atoms in total. The molecule has 0 aliphatic rings. The number of ether oxygens (including phenoxy) is 3. The van der Waals surface area contributed by atoms with E-state index in [1.165, 1.54) is 212 Å². The minimum atomic E-state index is -0.809. The second kappa shape index (κ2) is 65.1. The fourth-order valence-corrected chi connectivity index (χ4v) is 9.40. The van der Waals surface area contributed by atoms with Crippen LogP contribution in [0.15, 0.2) is 85.1 Å². The van der Waals surface area contributed by atoms with E-state index in [1.807, 2.05) is 6.08 Å². The Kier molecular flexibility index (Phi) is 62.2. The molecule has 0 saturated carbocycles. The van der Waals surface area contributed by atoms with Crippen molar-refractivity contribution in [2.75, 3.05) is 13.2 Å². The third-order valence-corrected chi connectivity index (χ3v) is 14.4. The lowest BCUT2D eigenvalue weighted by Crippen LogP contribution is -2.30. The molecule has 0 unspecified atom stereocenters. The van der Waals surface area contributed by atoms with Gasteiger partial charge in [0, 0.05) is 19.3 Å². The molecule has 0 rings (SSSR count). The maximum atomic E-state index is 12.9. The number of hydrogen-bond donors (Lipinski definition) is 0. The Morgan fingerprint density at radius 1 is 0.260 bits per heavy atom. The molecule has 1 atom stereocenters. The summed E-state index contributed by atoms with van der Waals surface area (Å²) in [7, 11) is 0. The summed E-state index contributed by atoms with van der Waals surface area (Å²) in [6, 6.07) is 0. The van der Waals surface area contributed by atoms with E-state index in [1.54, 1.807) is 0 Å². The normalized spacial score (nSPS) is 12.6. The second-order valence-electron chi connectivity index (χ2n) is 22.0. The van der Waals surface area contributed by atoms with Gasteiger partial charge in [-0.3, -0.25) is 14.4 Å². The van der Waals surface area contributed by atoms with E-state index in [-0.39, 0.29) is 37.5 Å². The highest BCUT2D eigenvalue weighted by atomic mass is 16.6. The second-order valence-corrected chi connectivity index (χ2v) is 22.0. The van der Waals surface area contributed by atoms with E-state index in [9.17, 15) is 14.4 Å². The first kappa shape index (κ1) is 73.6. The van der Waals surface area contributed by atoms with Gasteiger partial charge in [-0.1, -0.05) is 305 Å². The standard InChI is InChI=1S/C71H124O6/c1-4-7-10-13-16-19-22-25-28-31-34-35-38-41-44-47-50-53-56-59-62-65-71(74)77-68(66-75-69(72)63-60-57-54-51-48-45-42-39-36-32-29-26-23-20-17-14-11-8-5-2)67-76-70(73)64-61-58-55-52-49-46-43-40-37-33-30-27-24-21-18-15-12-9-6-3/h17-18,20-21,26-27,29-30,36,39,45,48,54,57,68H,4-16,19,22-25,28,31-35,37-38,40-44,46-47,49-53,55-56,58-67H2,1-3H3/b20-17-,21-18-,29-26-,30-27-,39-36-,48-45-,57-54-/t68-/m1/s1. The summed E-state index contributed by atoms with van der Waals surface area (Å²) in [4.78, 5) is 38.3. The van der Waals surface area contributed by atoms with E-state index in [0.29, 0.717) is 19.3 Å². The molecule has 0 heterocycles. The van der Waals surface area contributed by atoms with Crippen molar-refractivity contribution in [3.63, 3.8) is 0 Å². The number of hydrogen-bond acceptors (Lipinski definition) is 6. The summed E-state index contributed by atoms with van der Waals surface area (Å²) in [5.74, 6) is -0.973. The van der Waals surface area contributed by atoms with E-state index >= 15 is 0 Å². The van der Waals surface area contributed by atoms with Crippen molar-refractivity contribution in [3.05, 3.63) is 85.1 Å². The van der Waals surface area contributed by atoms with E-state index in [2.05, 4.69) is 99.8 Å². The zero-order valence-corrected chi connectivity index (χ0v) is 51.0. The topological polar surface area (TPSA) is 78.9 Å². The van der Waals surface area contributed by atoms with Crippen LogP contribution in [0.1, 0.15) is 329 Å². The van der Waals surface area contributed by atoms with Crippen LogP contribution in [0.4, 0.5) is 0 Å². The number of carbonyl (C=O) groups is 3. The Hall–Kier alpha value is -3.41. The van der Waals surface area contributed by atoms with Crippen LogP contribution in [0.3, 0.4) is 0 Å². The van der Waals surface area contributed by atoms with Crippen LogP contribution in [0, 0.1) is 0 Å². The average Bonchev–Trinajstić information content (AvgIpc) is 3.43. The van der Waals surface area contributed by atoms with Crippen molar-refractivity contribution in [2.45, 2.75) is 335 Å². The first-order chi connectivity index (χ1) is 38.0. The maximum Gasteiger partial charge on any atom is 0.306 e. The van der Waals surface area contributed by atoms with Gasteiger partial charge in [0.2, 0.25) is 0 Å². The van der Waals surface area contributed by atoms with Gasteiger partial charge in [0.1, 0.15) is 13.2 Å². The summed E-state index contributed by atoms with van der Waals surface area (Å²) in [5.41, 5.74) is 0. The van der Waals surface area contributed by atoms with Gasteiger partial charge in [0.25, 0.3) is 0 Å². The predicted octanol–water partition coefficient (Wildman–Crippen LogP) is 22.7. The van der Waals surface area contributed by atoms with Crippen molar-refractivity contribution < 1.29 is 28.6 Å². The number of unbranched alkanes of at least 4 members (excludes halogenated alkanes) is 35. The molecule has 0 aromatic heterocycles. The number of carbonyl (C=O) groups excluding carboxylic acids is 3. The minimum absolute atomic E-state index is 0.0991. The van der Waals surface area contributed by atoms with Crippen LogP contribution in [0.25, 0.3) is 0 Å². The van der Waals surface area contributed by atoms with Crippen LogP contribution >= 0.6 is 0 Å². The Balaban J connectivity index is 4.45. The predicted molar refractivity (Wildman–Crippen MR) is 334 cm³/mol. The third-order valence-electron chi connectivity index (χ3n) is 14.4. The lowest BCUT2D eigenvalue weighted by Gasteiger charge is -2.18. The van der Waals surface area contributed by atoms with Crippen LogP contribution < -0.4 is 0 Å². The minimum Gasteiger partial charge on any atom is -0.462 e. The third kappa shape index (κ3) is 63.3. The molecular formula is C71H124O6. The molecule has 6 heteroatoms. The molecule has 0 fully saturated rings. The van der Waals surface area contributed by atoms with Crippen molar-refractivity contribution >= 4 is 17.9 Å². The number of allylic oxidation sites excluding steroid dienone is 14. The van der Waals surface area contributed by atoms with Crippen LogP contribution in [0.5, 0.6) is 0 Å². The molecule has 0 aliphatic carbocycles. The van der Waals surface area contributed by atoms with Gasteiger partial charge in [0.15, 0.2) is 6.10 Å². The maximum absolute atomic E-state index is 12.9. The van der Waals surface area contributed by atoms with Gasteiger partial charge < -0.3 is 14.2 Å². The van der Waals surface area contributed by atoms with Crippen molar-refractivity contribution in [3.8, 4) is 0 Å². The largest absolute Gasteiger partial charge is 0.462 e. The zero-order valence-electron chi connectivity index (χ0n) is 51.0. The lowest BCUT2D eigenvalue weighted by atomic mass is 10.0. The molecular weight excluding hydrogens is 949 g/mol. The fourth-order valence-electron chi connectivity index (χ4n) is 9.40. The van der Waals surface area contributed by atoms with Gasteiger partial charge in [-0.15, -0.1) is 0 Å². The van der Waals surface area contributed by atoms with Crippen LogP contribution in [-0.4, -0.2) is 37.2 Å². The summed E-state index contributed by atoms with van der Waals surface area (Å²) in [5, 5.41) is 0. The highest BCUT2D eigenvalue weighted by Gasteiger charge is 2.19. The zero-order chi connectivity index (χ0) is 55.7. The van der Waals surface area contributed by atoms with Gasteiger partial charge in [0.05, 0.1) is 0 Å². The first-order valence-corrected chi connectivity index (χ1v) is 33.1. The summed E-state index contributed by atoms with van der Waals surface area (Å²) in [6.07, 6.45) is 86.0. The monoisotopic (exact) mass is 1070 g/mol. The molecule has 0 saturated heterocycles. The summed E-state index contributed by atoms with van der Waals surface area (Å²) < 4.78 is 16.9. The SMILES string of the molecule is CCCCC/C=C\C/C=C\C/C=C\C/C=C\C/C=C\CCC(=O)OC[C@H](COC(=O)CCCCCCCCCCC/C=C\C/C=C\CCCCC)OC(=O)CCCCCCCCCCCCCCCCCCCCCCC. The lowest BCUT2D eigenvalue weighted by molar-refractivity contribution is -0.166. The molecule has 0 N–H and O–H groups in total. The molecule has 0 spiro atoms. The Morgan fingerprint density at radius 3 is 0.831 bits per heavy atom. The van der Waals surface area contributed by atoms with Crippen molar-refractivity contribution in [1.29, 1.82) is 0 Å². The van der Waals surface area contributed by atoms with Crippen molar-refractivity contribution in [1.82, 2.24) is 0 Å². The van der Waals surface area contributed by atoms with E-state index in [0.717, 1.165) is 70.6 Å². The number of esters is 3. The summed E-state index contributed by atoms with van der Waals surface area (Å²) in [6.45, 7) is 6.57. The Labute approximate surface area is 477 Å². The van der Waals surface area contributed by atoms with Gasteiger partial charge in [-0.25, -0.2) is 0 Å². The van der Waals surface area contributed by atoms with E-state index in [4.69, 9.17) is 14.2 Å². The van der Waals surface area contributed by atoms with Gasteiger partial charge in [-0.05, 0) is 89.9 Å². The van der Waals surface area contributed by atoms with Gasteiger partial charge >= 0.3 is 17.9 Å². The first-order valence-electron chi connectivity index (χ1n) is 33.1. The smallest absolute Gasteiger partial charge is 0.306 e. The average molecular weight is 1070 g/mol.